The van der Waals surface area contributed by atoms with Crippen LogP contribution < -0.4 is 10.1 Å². The van der Waals surface area contributed by atoms with Gasteiger partial charge < -0.3 is 15.0 Å². The zero-order chi connectivity index (χ0) is 16.7. The molecule has 0 heterocycles. The van der Waals surface area contributed by atoms with Gasteiger partial charge in [-0.25, -0.2) is 4.79 Å². The Kier molecular flexibility index (Phi) is 6.03. The number of carbonyl (C=O) groups excluding carboxylic acids is 1. The van der Waals surface area contributed by atoms with Crippen LogP contribution >= 0.6 is 0 Å². The molecule has 0 aliphatic carbocycles. The first-order valence-corrected chi connectivity index (χ1v) is 7.82. The summed E-state index contributed by atoms with van der Waals surface area (Å²) in [7, 11) is 3.43. The van der Waals surface area contributed by atoms with Gasteiger partial charge in [-0.2, -0.15) is 0 Å². The Morgan fingerprint density at radius 2 is 1.74 bits per heavy atom. The van der Waals surface area contributed by atoms with Gasteiger partial charge in [0.25, 0.3) is 0 Å². The summed E-state index contributed by atoms with van der Waals surface area (Å²) in [5.74, 6) is 0.783. The van der Waals surface area contributed by atoms with Crippen LogP contribution in [0.1, 0.15) is 23.6 Å². The van der Waals surface area contributed by atoms with Crippen LogP contribution in [0.2, 0.25) is 0 Å². The van der Waals surface area contributed by atoms with Crippen molar-refractivity contribution in [1.29, 1.82) is 0 Å². The minimum Gasteiger partial charge on any atom is -0.496 e. The molecule has 0 unspecified atom stereocenters. The molecule has 23 heavy (non-hydrogen) atoms. The van der Waals surface area contributed by atoms with Gasteiger partial charge in [0, 0.05) is 25.7 Å². The van der Waals surface area contributed by atoms with E-state index in [1.54, 1.807) is 19.1 Å². The van der Waals surface area contributed by atoms with E-state index in [-0.39, 0.29) is 6.03 Å². The van der Waals surface area contributed by atoms with Gasteiger partial charge in [0.05, 0.1) is 7.11 Å². The van der Waals surface area contributed by atoms with Gasteiger partial charge >= 0.3 is 6.03 Å². The molecule has 4 nitrogen and oxygen atoms in total. The normalized spacial score (nSPS) is 10.2. The van der Waals surface area contributed by atoms with Gasteiger partial charge in [0.2, 0.25) is 0 Å². The predicted molar refractivity (Wildman–Crippen MR) is 92.5 cm³/mol. The van der Waals surface area contributed by atoms with Gasteiger partial charge in [-0.1, -0.05) is 49.4 Å². The van der Waals surface area contributed by atoms with Crippen LogP contribution in [-0.2, 0) is 19.5 Å². The molecule has 0 radical (unpaired) electrons. The number of para-hydroxylation sites is 1. The Labute approximate surface area is 138 Å². The van der Waals surface area contributed by atoms with E-state index in [1.165, 1.54) is 5.56 Å². The molecule has 2 aromatic carbocycles. The highest BCUT2D eigenvalue weighted by Crippen LogP contribution is 2.16. The Morgan fingerprint density at radius 3 is 2.39 bits per heavy atom. The predicted octanol–water partition coefficient (Wildman–Crippen LogP) is 3.60. The lowest BCUT2D eigenvalue weighted by molar-refractivity contribution is 0.206. The smallest absolute Gasteiger partial charge is 0.317 e. The van der Waals surface area contributed by atoms with Crippen molar-refractivity contribution < 1.29 is 9.53 Å². The molecular formula is C19H24N2O2. The summed E-state index contributed by atoms with van der Waals surface area (Å²) in [6, 6.07) is 15.9. The molecule has 0 saturated heterocycles. The molecule has 2 amide bonds. The second kappa shape index (κ2) is 8.22. The number of benzene rings is 2. The molecular weight excluding hydrogens is 288 g/mol. The highest BCUT2D eigenvalue weighted by Gasteiger charge is 2.10. The summed E-state index contributed by atoms with van der Waals surface area (Å²) in [6.07, 6.45) is 1.02. The maximum absolute atomic E-state index is 12.2. The number of hydrogen-bond acceptors (Lipinski definition) is 2. The number of nitrogens with one attached hydrogen (secondary N) is 1. The molecule has 0 aromatic heterocycles. The van der Waals surface area contributed by atoms with E-state index in [2.05, 4.69) is 36.5 Å². The highest BCUT2D eigenvalue weighted by molar-refractivity contribution is 5.73. The van der Waals surface area contributed by atoms with Gasteiger partial charge in [-0.3, -0.25) is 0 Å². The fourth-order valence-corrected chi connectivity index (χ4v) is 2.38. The van der Waals surface area contributed by atoms with Crippen molar-refractivity contribution in [3.05, 3.63) is 65.2 Å². The Morgan fingerprint density at radius 1 is 1.09 bits per heavy atom. The van der Waals surface area contributed by atoms with E-state index < -0.39 is 0 Å². The number of carbonyl (C=O) groups is 1. The van der Waals surface area contributed by atoms with Gasteiger partial charge in [0.15, 0.2) is 0 Å². The van der Waals surface area contributed by atoms with E-state index in [0.29, 0.717) is 13.1 Å². The topological polar surface area (TPSA) is 41.6 Å². The average Bonchev–Trinajstić information content (AvgIpc) is 2.60. The van der Waals surface area contributed by atoms with Crippen molar-refractivity contribution in [3.8, 4) is 5.75 Å². The minimum atomic E-state index is -0.101. The van der Waals surface area contributed by atoms with E-state index in [4.69, 9.17) is 4.74 Å². The van der Waals surface area contributed by atoms with E-state index in [0.717, 1.165) is 23.3 Å². The number of aryl methyl sites for hydroxylation is 1. The monoisotopic (exact) mass is 312 g/mol. The first kappa shape index (κ1) is 16.9. The van der Waals surface area contributed by atoms with E-state index in [1.807, 2.05) is 24.3 Å². The van der Waals surface area contributed by atoms with Crippen molar-refractivity contribution in [2.75, 3.05) is 14.2 Å². The zero-order valence-electron chi connectivity index (χ0n) is 14.0. The molecule has 0 saturated carbocycles. The molecule has 122 valence electrons. The van der Waals surface area contributed by atoms with Crippen LogP contribution in [0.4, 0.5) is 4.79 Å². The maximum Gasteiger partial charge on any atom is 0.317 e. The first-order valence-electron chi connectivity index (χ1n) is 7.82. The molecule has 0 aliphatic heterocycles. The fraction of sp³-hybridized carbons (Fsp3) is 0.316. The van der Waals surface area contributed by atoms with Crippen LogP contribution in [-0.4, -0.2) is 25.1 Å². The number of rotatable bonds is 6. The Hall–Kier alpha value is -2.49. The van der Waals surface area contributed by atoms with Crippen molar-refractivity contribution in [2.24, 2.45) is 0 Å². The van der Waals surface area contributed by atoms with Crippen LogP contribution in [0.15, 0.2) is 48.5 Å². The standard InChI is InChI=1S/C19H24N2O2/c1-4-15-9-11-16(12-10-15)14-21(2)19(22)20-13-17-7-5-6-8-18(17)23-3/h5-12H,4,13-14H2,1-3H3,(H,20,22). The Bertz CT molecular complexity index is 638. The highest BCUT2D eigenvalue weighted by atomic mass is 16.5. The summed E-state index contributed by atoms with van der Waals surface area (Å²) in [4.78, 5) is 13.9. The van der Waals surface area contributed by atoms with Crippen molar-refractivity contribution in [1.82, 2.24) is 10.2 Å². The molecule has 0 aliphatic rings. The van der Waals surface area contributed by atoms with Crippen molar-refractivity contribution >= 4 is 6.03 Å². The van der Waals surface area contributed by atoms with Crippen LogP contribution in [0.25, 0.3) is 0 Å². The molecule has 0 spiro atoms. The largest absolute Gasteiger partial charge is 0.496 e. The summed E-state index contributed by atoms with van der Waals surface area (Å²) in [5, 5.41) is 2.92. The van der Waals surface area contributed by atoms with Gasteiger partial charge in [-0.05, 0) is 23.6 Å². The second-order valence-electron chi connectivity index (χ2n) is 5.50. The molecule has 2 rings (SSSR count). The second-order valence-corrected chi connectivity index (χ2v) is 5.50. The third-order valence-electron chi connectivity index (χ3n) is 3.82. The third kappa shape index (κ3) is 4.74. The number of ether oxygens (including phenoxy) is 1. The van der Waals surface area contributed by atoms with E-state index >= 15 is 0 Å². The third-order valence-corrected chi connectivity index (χ3v) is 3.82. The lowest BCUT2D eigenvalue weighted by atomic mass is 10.1. The number of urea groups is 1. The number of methoxy groups -OCH3 is 1. The molecule has 0 fully saturated rings. The minimum absolute atomic E-state index is 0.101. The summed E-state index contributed by atoms with van der Waals surface area (Å²) in [6.45, 7) is 3.16. The van der Waals surface area contributed by atoms with Gasteiger partial charge in [0.1, 0.15) is 5.75 Å². The van der Waals surface area contributed by atoms with Gasteiger partial charge in [-0.15, -0.1) is 0 Å². The zero-order valence-corrected chi connectivity index (χ0v) is 14.0. The van der Waals surface area contributed by atoms with Crippen LogP contribution in [0.5, 0.6) is 5.75 Å². The van der Waals surface area contributed by atoms with E-state index in [9.17, 15) is 4.79 Å². The first-order chi connectivity index (χ1) is 11.1. The maximum atomic E-state index is 12.2. The summed E-state index contributed by atoms with van der Waals surface area (Å²) >= 11 is 0. The Balaban J connectivity index is 1.89. The lowest BCUT2D eigenvalue weighted by Crippen LogP contribution is -2.36. The van der Waals surface area contributed by atoms with Crippen LogP contribution in [0.3, 0.4) is 0 Å². The van der Waals surface area contributed by atoms with Crippen molar-refractivity contribution in [2.45, 2.75) is 26.4 Å². The molecule has 2 aromatic rings. The molecule has 0 atom stereocenters. The van der Waals surface area contributed by atoms with Crippen molar-refractivity contribution in [3.63, 3.8) is 0 Å². The molecule has 0 bridgehead atoms. The summed E-state index contributed by atoms with van der Waals surface area (Å²) < 4.78 is 5.29. The van der Waals surface area contributed by atoms with Crippen LogP contribution in [0, 0.1) is 0 Å². The fourth-order valence-electron chi connectivity index (χ4n) is 2.38. The molecule has 4 heteroatoms. The number of hydrogen-bond donors (Lipinski definition) is 1. The average molecular weight is 312 g/mol. The number of amides is 2. The quantitative estimate of drug-likeness (QED) is 0.885. The SMILES string of the molecule is CCc1ccc(CN(C)C(=O)NCc2ccccc2OC)cc1. The molecule has 1 N–H and O–H groups in total. The summed E-state index contributed by atoms with van der Waals surface area (Å²) in [5.41, 5.74) is 3.39. The number of nitrogens with zero attached hydrogens (tertiary/aromatic N) is 1. The lowest BCUT2D eigenvalue weighted by Gasteiger charge is -2.19.